The lowest BCUT2D eigenvalue weighted by Gasteiger charge is -2.40. The second-order valence-corrected chi connectivity index (χ2v) is 22.2. The fourth-order valence-electron chi connectivity index (χ4n) is 14.7. The van der Waals surface area contributed by atoms with Gasteiger partial charge in [-0.3, -0.25) is 9.97 Å². The highest BCUT2D eigenvalue weighted by molar-refractivity contribution is 7.99. The van der Waals surface area contributed by atoms with Crippen LogP contribution in [0, 0.1) is 0 Å². The maximum atomic E-state index is 5.50. The molecule has 0 radical (unpaired) electrons. The summed E-state index contributed by atoms with van der Waals surface area (Å²) in [5.41, 5.74) is 27.4. The fourth-order valence-corrected chi connectivity index (χ4v) is 15.9. The first-order valence-electron chi connectivity index (χ1n) is 25.5. The monoisotopic (exact) mass is 945 g/mol. The highest BCUT2D eigenvalue weighted by Crippen LogP contribution is 2.67. The van der Waals surface area contributed by atoms with Gasteiger partial charge in [-0.15, -0.1) is 0 Å². The van der Waals surface area contributed by atoms with Gasteiger partial charge in [-0.2, -0.15) is 0 Å². The molecule has 0 fully saturated rings. The molecule has 0 bridgehead atoms. The molecule has 0 saturated carbocycles. The Morgan fingerprint density at radius 2 is 1.00 bits per heavy atom. The number of pyridine rings is 2. The molecule has 3 aromatic heterocycles. The molecule has 4 heterocycles. The first kappa shape index (κ1) is 40.1. The molecule has 2 spiro atoms. The summed E-state index contributed by atoms with van der Waals surface area (Å²) in [5, 5.41) is 2.56. The van der Waals surface area contributed by atoms with Crippen molar-refractivity contribution in [1.82, 2.24) is 14.5 Å². The summed E-state index contributed by atoms with van der Waals surface area (Å²) in [6, 6.07) is 80.3. The van der Waals surface area contributed by atoms with Gasteiger partial charge in [-0.1, -0.05) is 183 Å². The molecule has 73 heavy (non-hydrogen) atoms. The lowest BCUT2D eigenvalue weighted by molar-refractivity contribution is 0.661. The molecule has 340 valence electrons. The van der Waals surface area contributed by atoms with E-state index in [4.69, 9.17) is 9.97 Å². The number of hydrogen-bond donors (Lipinski definition) is 0. The Morgan fingerprint density at radius 3 is 1.75 bits per heavy atom. The van der Waals surface area contributed by atoms with Crippen molar-refractivity contribution >= 4 is 33.6 Å². The van der Waals surface area contributed by atoms with Crippen LogP contribution in [0.5, 0.6) is 0 Å². The largest absolute Gasteiger partial charge is 0.309 e. The molecule has 0 N–H and O–H groups in total. The van der Waals surface area contributed by atoms with Crippen LogP contribution < -0.4 is 0 Å². The highest BCUT2D eigenvalue weighted by Gasteiger charge is 2.56. The Labute approximate surface area is 427 Å². The molecule has 9 aromatic carbocycles. The van der Waals surface area contributed by atoms with Crippen LogP contribution in [0.15, 0.2) is 235 Å². The Bertz CT molecular complexity index is 4420. The lowest BCUT2D eigenvalue weighted by Crippen LogP contribution is -2.33. The zero-order valence-corrected chi connectivity index (χ0v) is 40.9. The predicted octanol–water partition coefficient (Wildman–Crippen LogP) is 16.7. The summed E-state index contributed by atoms with van der Waals surface area (Å²) in [6.07, 6.45) is 4.03. The summed E-state index contributed by atoms with van der Waals surface area (Å²) < 4.78 is 2.47. The minimum atomic E-state index is -0.686. The molecule has 4 aliphatic carbocycles. The van der Waals surface area contributed by atoms with Gasteiger partial charge in [0.15, 0.2) is 0 Å². The van der Waals surface area contributed by atoms with E-state index < -0.39 is 10.8 Å². The number of nitrogens with zero attached hydrogens (tertiary/aromatic N) is 3. The highest BCUT2D eigenvalue weighted by atomic mass is 32.2. The van der Waals surface area contributed by atoms with Gasteiger partial charge in [-0.25, -0.2) is 0 Å². The summed E-state index contributed by atoms with van der Waals surface area (Å²) in [5.74, 6) is 0. The average Bonchev–Trinajstić information content (AvgIpc) is 4.19. The zero-order valence-electron chi connectivity index (χ0n) is 40.1. The zero-order chi connectivity index (χ0) is 48.0. The van der Waals surface area contributed by atoms with Crippen LogP contribution in [0.2, 0.25) is 0 Å². The van der Waals surface area contributed by atoms with Crippen molar-refractivity contribution in [3.8, 4) is 61.6 Å². The van der Waals surface area contributed by atoms with Gasteiger partial charge in [0.25, 0.3) is 0 Å². The first-order valence-corrected chi connectivity index (χ1v) is 26.3. The molecule has 5 aliphatic rings. The second kappa shape index (κ2) is 13.9. The molecule has 0 saturated heterocycles. The Hall–Kier alpha value is -8.57. The van der Waals surface area contributed by atoms with E-state index in [0.717, 1.165) is 28.2 Å². The maximum Gasteiger partial charge on any atom is 0.0937 e. The smallest absolute Gasteiger partial charge is 0.0937 e. The fraction of sp³-hybridized carbons (Fsp3) is 0.0725. The molecule has 1 aliphatic heterocycles. The minimum Gasteiger partial charge on any atom is -0.309 e. The third-order valence-corrected chi connectivity index (χ3v) is 18.7. The third-order valence-electron chi connectivity index (χ3n) is 17.6. The van der Waals surface area contributed by atoms with Crippen LogP contribution in [-0.2, 0) is 16.2 Å². The standard InChI is InChI=1S/C69H43N3S/c1-67(2)49-23-10-9-22-46(49)63-54(67)32-33-59-64(63)47-31-30-40(36-60(47)72(59)42-17-4-3-5-18-42)41-35-58-66(71-39-41)65-55(28-16-34-70-65)69(58)53-27-14-15-29-61(53)73-62-38-56-48(37-57(62)69)45-21-8-13-26-52(45)68(56)50-24-11-6-19-43(50)44-20-7-12-25-51(44)68/h3-39H,1-2H3. The van der Waals surface area contributed by atoms with Gasteiger partial charge >= 0.3 is 0 Å². The molecule has 17 rings (SSSR count). The van der Waals surface area contributed by atoms with Crippen molar-refractivity contribution in [1.29, 1.82) is 0 Å². The van der Waals surface area contributed by atoms with E-state index in [1.54, 1.807) is 0 Å². The third kappa shape index (κ3) is 4.75. The van der Waals surface area contributed by atoms with E-state index >= 15 is 0 Å². The summed E-state index contributed by atoms with van der Waals surface area (Å²) in [4.78, 5) is 13.2. The van der Waals surface area contributed by atoms with Gasteiger partial charge < -0.3 is 4.57 Å². The van der Waals surface area contributed by atoms with Gasteiger partial charge in [0.05, 0.1) is 33.3 Å². The molecule has 4 heteroatoms. The number of rotatable bonds is 2. The van der Waals surface area contributed by atoms with Crippen LogP contribution >= 0.6 is 11.8 Å². The van der Waals surface area contributed by atoms with E-state index in [9.17, 15) is 0 Å². The molecule has 12 aromatic rings. The van der Waals surface area contributed by atoms with E-state index in [1.165, 1.54) is 121 Å². The molecule has 3 nitrogen and oxygen atoms in total. The number of para-hydroxylation sites is 1. The van der Waals surface area contributed by atoms with Crippen molar-refractivity contribution in [2.45, 2.75) is 39.9 Å². The summed E-state index contributed by atoms with van der Waals surface area (Å²) in [6.45, 7) is 4.75. The normalized spacial score (nSPS) is 16.8. The maximum absolute atomic E-state index is 5.50. The predicted molar refractivity (Wildman–Crippen MR) is 297 cm³/mol. The topological polar surface area (TPSA) is 30.7 Å². The van der Waals surface area contributed by atoms with Crippen molar-refractivity contribution in [3.63, 3.8) is 0 Å². The van der Waals surface area contributed by atoms with E-state index in [0.29, 0.717) is 0 Å². The van der Waals surface area contributed by atoms with Gasteiger partial charge in [0.1, 0.15) is 0 Å². The average molecular weight is 946 g/mol. The second-order valence-electron chi connectivity index (χ2n) is 21.1. The van der Waals surface area contributed by atoms with Crippen molar-refractivity contribution in [3.05, 3.63) is 280 Å². The van der Waals surface area contributed by atoms with E-state index in [-0.39, 0.29) is 5.41 Å². The number of aromatic nitrogens is 3. The summed E-state index contributed by atoms with van der Waals surface area (Å²) >= 11 is 1.91. The minimum absolute atomic E-state index is 0.104. The lowest BCUT2D eigenvalue weighted by atomic mass is 9.66. The van der Waals surface area contributed by atoms with Gasteiger partial charge in [0.2, 0.25) is 0 Å². The van der Waals surface area contributed by atoms with Gasteiger partial charge in [0, 0.05) is 55.2 Å². The van der Waals surface area contributed by atoms with E-state index in [1.807, 2.05) is 18.0 Å². The van der Waals surface area contributed by atoms with Crippen molar-refractivity contribution in [2.75, 3.05) is 0 Å². The number of hydrogen-bond acceptors (Lipinski definition) is 3. The Kier molecular flexibility index (Phi) is 7.62. The van der Waals surface area contributed by atoms with Crippen molar-refractivity contribution < 1.29 is 0 Å². The van der Waals surface area contributed by atoms with Crippen molar-refractivity contribution in [2.24, 2.45) is 0 Å². The van der Waals surface area contributed by atoms with Crippen LogP contribution in [0.1, 0.15) is 69.5 Å². The number of fused-ring (bicyclic) bond motifs is 26. The first-order chi connectivity index (χ1) is 36.0. The quantitative estimate of drug-likeness (QED) is 0.173. The molecular weight excluding hydrogens is 903 g/mol. The van der Waals surface area contributed by atoms with Crippen LogP contribution in [-0.4, -0.2) is 14.5 Å². The van der Waals surface area contributed by atoms with Crippen LogP contribution in [0.25, 0.3) is 83.4 Å². The SMILES string of the molecule is CC1(C)c2ccccc2-c2c1ccc1c2c2ccc(-c3cnc4c(c3)C3(c5ccccc5Sc5cc6c(cc53)-c3ccccc3C63c5ccccc5-c5ccccc53)c3cccnc3-4)cc2n1-c1ccccc1. The molecular formula is C69H43N3S. The van der Waals surface area contributed by atoms with Gasteiger partial charge in [-0.05, 0) is 144 Å². The Balaban J connectivity index is 0.929. The Morgan fingerprint density at radius 1 is 0.384 bits per heavy atom. The van der Waals surface area contributed by atoms with E-state index in [2.05, 4.69) is 237 Å². The summed E-state index contributed by atoms with van der Waals surface area (Å²) in [7, 11) is 0. The molecule has 1 atom stereocenters. The van der Waals surface area contributed by atoms with Crippen LogP contribution in [0.4, 0.5) is 0 Å². The number of benzene rings is 9. The van der Waals surface area contributed by atoms with Crippen LogP contribution in [0.3, 0.4) is 0 Å². The molecule has 0 amide bonds. The molecule has 1 unspecified atom stereocenters.